The number of methoxy groups -OCH3 is 1. The van der Waals surface area contributed by atoms with Crippen molar-refractivity contribution in [2.75, 3.05) is 7.11 Å². The molecule has 0 fully saturated rings. The second kappa shape index (κ2) is 6.41. The Labute approximate surface area is 92.8 Å². The summed E-state index contributed by atoms with van der Waals surface area (Å²) < 4.78 is 5.57. The van der Waals surface area contributed by atoms with Crippen LogP contribution in [0.4, 0.5) is 0 Å². The Morgan fingerprint density at radius 3 is 2.47 bits per heavy atom. The van der Waals surface area contributed by atoms with E-state index in [4.69, 9.17) is 4.74 Å². The lowest BCUT2D eigenvalue weighted by molar-refractivity contribution is 0.0650. The number of rotatable bonds is 6. The molecule has 1 rings (SSSR count). The maximum Gasteiger partial charge on any atom is 0.0883 e. The van der Waals surface area contributed by atoms with Crippen molar-refractivity contribution in [3.63, 3.8) is 0 Å². The van der Waals surface area contributed by atoms with Crippen molar-refractivity contribution < 1.29 is 4.74 Å². The zero-order valence-corrected chi connectivity index (χ0v) is 9.65. The van der Waals surface area contributed by atoms with Crippen LogP contribution in [-0.4, -0.2) is 7.11 Å². The Kier molecular flexibility index (Phi) is 5.13. The first-order valence-electron chi connectivity index (χ1n) is 5.53. The smallest absolute Gasteiger partial charge is 0.0883 e. The molecule has 0 saturated heterocycles. The minimum atomic E-state index is 0.142. The van der Waals surface area contributed by atoms with Crippen molar-refractivity contribution in [1.82, 2.24) is 0 Å². The van der Waals surface area contributed by atoms with Gasteiger partial charge in [0.1, 0.15) is 0 Å². The van der Waals surface area contributed by atoms with Crippen LogP contribution in [0.15, 0.2) is 43.0 Å². The van der Waals surface area contributed by atoms with Crippen LogP contribution in [0.25, 0.3) is 0 Å². The highest BCUT2D eigenvalue weighted by molar-refractivity contribution is 5.19. The van der Waals surface area contributed by atoms with Crippen molar-refractivity contribution in [1.29, 1.82) is 0 Å². The second-order valence-electron chi connectivity index (χ2n) is 3.76. The summed E-state index contributed by atoms with van der Waals surface area (Å²) in [5.41, 5.74) is 1.23. The topological polar surface area (TPSA) is 9.23 Å². The van der Waals surface area contributed by atoms with Crippen molar-refractivity contribution in [2.45, 2.75) is 25.9 Å². The van der Waals surface area contributed by atoms with Crippen LogP contribution >= 0.6 is 0 Å². The lowest BCUT2D eigenvalue weighted by Gasteiger charge is -2.23. The van der Waals surface area contributed by atoms with Gasteiger partial charge in [-0.05, 0) is 12.0 Å². The standard InChI is InChI=1S/C14H20O/c1-4-9-12(5-2)14(15-3)13-10-7-6-8-11-13/h5-8,10-12,14H,2,4,9H2,1,3H3. The van der Waals surface area contributed by atoms with Crippen molar-refractivity contribution in [3.05, 3.63) is 48.6 Å². The lowest BCUT2D eigenvalue weighted by Crippen LogP contribution is -2.12. The molecule has 0 radical (unpaired) electrons. The van der Waals surface area contributed by atoms with Gasteiger partial charge in [-0.25, -0.2) is 0 Å². The molecule has 0 aliphatic rings. The molecule has 1 aromatic carbocycles. The quantitative estimate of drug-likeness (QED) is 0.637. The van der Waals surface area contributed by atoms with E-state index in [0.29, 0.717) is 5.92 Å². The molecule has 0 N–H and O–H groups in total. The van der Waals surface area contributed by atoms with Crippen molar-refractivity contribution in [2.24, 2.45) is 5.92 Å². The first-order chi connectivity index (χ1) is 7.33. The van der Waals surface area contributed by atoms with Crippen molar-refractivity contribution in [3.8, 4) is 0 Å². The highest BCUT2D eigenvalue weighted by Crippen LogP contribution is 2.29. The molecule has 2 unspecified atom stereocenters. The molecule has 0 aliphatic carbocycles. The van der Waals surface area contributed by atoms with Gasteiger partial charge in [0.2, 0.25) is 0 Å². The molecule has 15 heavy (non-hydrogen) atoms. The molecule has 1 nitrogen and oxygen atoms in total. The van der Waals surface area contributed by atoms with E-state index in [0.717, 1.165) is 12.8 Å². The molecular formula is C14H20O. The van der Waals surface area contributed by atoms with Gasteiger partial charge in [0.05, 0.1) is 6.10 Å². The average Bonchev–Trinajstić information content (AvgIpc) is 2.30. The number of hydrogen-bond donors (Lipinski definition) is 0. The maximum absolute atomic E-state index is 5.57. The highest BCUT2D eigenvalue weighted by atomic mass is 16.5. The Bertz CT molecular complexity index is 279. The van der Waals surface area contributed by atoms with Gasteiger partial charge in [-0.3, -0.25) is 0 Å². The zero-order valence-electron chi connectivity index (χ0n) is 9.65. The van der Waals surface area contributed by atoms with E-state index in [2.05, 4.69) is 25.6 Å². The SMILES string of the molecule is C=CC(CCC)C(OC)c1ccccc1. The fourth-order valence-corrected chi connectivity index (χ4v) is 1.93. The van der Waals surface area contributed by atoms with Gasteiger partial charge < -0.3 is 4.74 Å². The van der Waals surface area contributed by atoms with E-state index in [1.165, 1.54) is 5.56 Å². The first kappa shape index (κ1) is 12.0. The Morgan fingerprint density at radius 2 is 2.00 bits per heavy atom. The monoisotopic (exact) mass is 204 g/mol. The maximum atomic E-state index is 5.57. The third-order valence-electron chi connectivity index (χ3n) is 2.70. The van der Waals surface area contributed by atoms with E-state index in [1.54, 1.807) is 7.11 Å². The average molecular weight is 204 g/mol. The van der Waals surface area contributed by atoms with Crippen LogP contribution in [0.3, 0.4) is 0 Å². The molecule has 0 aromatic heterocycles. The Morgan fingerprint density at radius 1 is 1.33 bits per heavy atom. The number of ether oxygens (including phenoxy) is 1. The molecule has 0 heterocycles. The van der Waals surface area contributed by atoms with E-state index >= 15 is 0 Å². The summed E-state index contributed by atoms with van der Waals surface area (Å²) in [4.78, 5) is 0. The van der Waals surface area contributed by atoms with Gasteiger partial charge in [-0.15, -0.1) is 6.58 Å². The van der Waals surface area contributed by atoms with Gasteiger partial charge in [-0.2, -0.15) is 0 Å². The van der Waals surface area contributed by atoms with Gasteiger partial charge in [0.15, 0.2) is 0 Å². The van der Waals surface area contributed by atoms with Crippen LogP contribution in [0, 0.1) is 5.92 Å². The summed E-state index contributed by atoms with van der Waals surface area (Å²) in [5, 5.41) is 0. The third-order valence-corrected chi connectivity index (χ3v) is 2.70. The van der Waals surface area contributed by atoms with Crippen LogP contribution in [-0.2, 0) is 4.74 Å². The van der Waals surface area contributed by atoms with Gasteiger partial charge in [0, 0.05) is 13.0 Å². The van der Waals surface area contributed by atoms with E-state index < -0.39 is 0 Å². The number of benzene rings is 1. The lowest BCUT2D eigenvalue weighted by atomic mass is 9.92. The summed E-state index contributed by atoms with van der Waals surface area (Å²) in [7, 11) is 1.77. The molecule has 0 spiro atoms. The number of hydrogen-bond acceptors (Lipinski definition) is 1. The molecule has 0 aliphatic heterocycles. The van der Waals surface area contributed by atoms with E-state index in [1.807, 2.05) is 24.3 Å². The predicted octanol–water partition coefficient (Wildman–Crippen LogP) is 3.98. The molecule has 1 aromatic rings. The fraction of sp³-hybridized carbons (Fsp3) is 0.429. The second-order valence-corrected chi connectivity index (χ2v) is 3.76. The summed E-state index contributed by atoms with van der Waals surface area (Å²) in [6, 6.07) is 10.3. The molecule has 1 heteroatoms. The molecule has 0 bridgehead atoms. The van der Waals surface area contributed by atoms with Gasteiger partial charge >= 0.3 is 0 Å². The summed E-state index contributed by atoms with van der Waals surface area (Å²) >= 11 is 0. The fourth-order valence-electron chi connectivity index (χ4n) is 1.93. The van der Waals surface area contributed by atoms with Crippen LogP contribution in [0.5, 0.6) is 0 Å². The molecule has 82 valence electrons. The van der Waals surface area contributed by atoms with E-state index in [-0.39, 0.29) is 6.10 Å². The van der Waals surface area contributed by atoms with Gasteiger partial charge in [0.25, 0.3) is 0 Å². The third kappa shape index (κ3) is 3.21. The Balaban J connectivity index is 2.82. The van der Waals surface area contributed by atoms with Gasteiger partial charge in [-0.1, -0.05) is 49.8 Å². The summed E-state index contributed by atoms with van der Waals surface area (Å²) in [6.07, 6.45) is 4.42. The molecular weight excluding hydrogens is 184 g/mol. The minimum Gasteiger partial charge on any atom is -0.376 e. The highest BCUT2D eigenvalue weighted by Gasteiger charge is 2.18. The van der Waals surface area contributed by atoms with E-state index in [9.17, 15) is 0 Å². The van der Waals surface area contributed by atoms with Crippen LogP contribution in [0.1, 0.15) is 31.4 Å². The van der Waals surface area contributed by atoms with Crippen LogP contribution < -0.4 is 0 Å². The summed E-state index contributed by atoms with van der Waals surface area (Å²) in [5.74, 6) is 0.405. The first-order valence-corrected chi connectivity index (χ1v) is 5.53. The largest absolute Gasteiger partial charge is 0.376 e. The molecule has 0 amide bonds. The molecule has 2 atom stereocenters. The molecule has 0 saturated carbocycles. The van der Waals surface area contributed by atoms with Crippen LogP contribution in [0.2, 0.25) is 0 Å². The zero-order chi connectivity index (χ0) is 11.1. The Hall–Kier alpha value is -1.08. The predicted molar refractivity (Wildman–Crippen MR) is 64.8 cm³/mol. The van der Waals surface area contributed by atoms with Crippen molar-refractivity contribution >= 4 is 0 Å². The minimum absolute atomic E-state index is 0.142. The summed E-state index contributed by atoms with van der Waals surface area (Å²) in [6.45, 7) is 6.08. The normalized spacial score (nSPS) is 14.5.